The van der Waals surface area contributed by atoms with Gasteiger partial charge in [-0.15, -0.1) is 0 Å². The minimum atomic E-state index is 0.729. The predicted octanol–water partition coefficient (Wildman–Crippen LogP) is 3.12. The van der Waals surface area contributed by atoms with Crippen LogP contribution < -0.4 is 5.32 Å². The fraction of sp³-hybridized carbons (Fsp3) is 0.846. The third-order valence-corrected chi connectivity index (χ3v) is 3.69. The van der Waals surface area contributed by atoms with E-state index in [1.165, 1.54) is 38.6 Å². The second-order valence-corrected chi connectivity index (χ2v) is 4.98. The van der Waals surface area contributed by atoms with Crippen molar-refractivity contribution in [1.29, 1.82) is 0 Å². The van der Waals surface area contributed by atoms with Crippen LogP contribution in [0.1, 0.15) is 46.0 Å². The summed E-state index contributed by atoms with van der Waals surface area (Å²) in [6.45, 7) is 5.83. The van der Waals surface area contributed by atoms with E-state index in [0.717, 1.165) is 17.9 Å². The average Bonchev–Trinajstić information content (AvgIpc) is 2.71. The Kier molecular flexibility index (Phi) is 3.27. The number of rotatable bonds is 5. The van der Waals surface area contributed by atoms with Crippen molar-refractivity contribution in [2.24, 2.45) is 11.8 Å². The molecule has 0 aromatic carbocycles. The molecule has 0 radical (unpaired) electrons. The topological polar surface area (TPSA) is 12.0 Å². The van der Waals surface area contributed by atoms with Gasteiger partial charge in [-0.05, 0) is 50.5 Å². The highest BCUT2D eigenvalue weighted by atomic mass is 14.9. The van der Waals surface area contributed by atoms with Gasteiger partial charge in [-0.3, -0.25) is 0 Å². The highest BCUT2D eigenvalue weighted by molar-refractivity contribution is 5.19. The van der Waals surface area contributed by atoms with Crippen molar-refractivity contribution in [2.75, 3.05) is 6.54 Å². The number of hydrogen-bond donors (Lipinski definition) is 1. The highest BCUT2D eigenvalue weighted by Gasteiger charge is 2.40. The standard InChI is InChI=1S/C13H23N/c1-3-8-14-13(12-9-10(12)2)11-6-4-5-7-11/h6,10,12-14H,3-5,7-9H2,1-2H3. The number of allylic oxidation sites excluding steroid dienone is 1. The molecule has 80 valence electrons. The molecule has 1 heteroatoms. The second kappa shape index (κ2) is 4.48. The fourth-order valence-electron chi connectivity index (χ4n) is 2.65. The Morgan fingerprint density at radius 3 is 2.86 bits per heavy atom. The highest BCUT2D eigenvalue weighted by Crippen LogP contribution is 2.44. The third kappa shape index (κ3) is 2.20. The minimum absolute atomic E-state index is 0.729. The Hall–Kier alpha value is -0.300. The quantitative estimate of drug-likeness (QED) is 0.661. The monoisotopic (exact) mass is 193 g/mol. The number of nitrogens with one attached hydrogen (secondary N) is 1. The molecule has 1 fully saturated rings. The van der Waals surface area contributed by atoms with Crippen LogP contribution in [-0.2, 0) is 0 Å². The molecule has 0 aromatic heterocycles. The lowest BCUT2D eigenvalue weighted by molar-refractivity contribution is 0.489. The summed E-state index contributed by atoms with van der Waals surface area (Å²) in [6, 6.07) is 0.729. The first-order valence-corrected chi connectivity index (χ1v) is 6.25. The Labute approximate surface area is 88.0 Å². The maximum absolute atomic E-state index is 3.74. The van der Waals surface area contributed by atoms with Crippen LogP contribution in [0.4, 0.5) is 0 Å². The molecule has 0 amide bonds. The van der Waals surface area contributed by atoms with Crippen molar-refractivity contribution >= 4 is 0 Å². The molecule has 0 aliphatic heterocycles. The van der Waals surface area contributed by atoms with Gasteiger partial charge in [-0.1, -0.05) is 25.5 Å². The zero-order chi connectivity index (χ0) is 9.97. The van der Waals surface area contributed by atoms with Gasteiger partial charge in [0.15, 0.2) is 0 Å². The van der Waals surface area contributed by atoms with Crippen LogP contribution in [0.5, 0.6) is 0 Å². The molecule has 1 saturated carbocycles. The van der Waals surface area contributed by atoms with Crippen LogP contribution in [0.25, 0.3) is 0 Å². The van der Waals surface area contributed by atoms with E-state index < -0.39 is 0 Å². The van der Waals surface area contributed by atoms with Crippen molar-refractivity contribution in [3.8, 4) is 0 Å². The first-order chi connectivity index (χ1) is 6.83. The fourth-order valence-corrected chi connectivity index (χ4v) is 2.65. The van der Waals surface area contributed by atoms with Crippen LogP contribution in [0, 0.1) is 11.8 Å². The summed E-state index contributed by atoms with van der Waals surface area (Å²) < 4.78 is 0. The lowest BCUT2D eigenvalue weighted by atomic mass is 10.0. The van der Waals surface area contributed by atoms with Gasteiger partial charge in [0.25, 0.3) is 0 Å². The molecule has 0 spiro atoms. The van der Waals surface area contributed by atoms with Crippen molar-refractivity contribution in [3.05, 3.63) is 11.6 Å². The normalized spacial score (nSPS) is 32.9. The van der Waals surface area contributed by atoms with Gasteiger partial charge in [0.1, 0.15) is 0 Å². The largest absolute Gasteiger partial charge is 0.310 e. The predicted molar refractivity (Wildman–Crippen MR) is 61.3 cm³/mol. The molecular formula is C13H23N. The lowest BCUT2D eigenvalue weighted by Crippen LogP contribution is -2.33. The van der Waals surface area contributed by atoms with E-state index in [0.29, 0.717) is 0 Å². The summed E-state index contributed by atoms with van der Waals surface area (Å²) in [5.74, 6) is 1.91. The van der Waals surface area contributed by atoms with Crippen molar-refractivity contribution < 1.29 is 0 Å². The minimum Gasteiger partial charge on any atom is -0.310 e. The molecule has 1 N–H and O–H groups in total. The summed E-state index contributed by atoms with van der Waals surface area (Å²) in [7, 11) is 0. The van der Waals surface area contributed by atoms with Crippen molar-refractivity contribution in [2.45, 2.75) is 52.0 Å². The molecule has 0 saturated heterocycles. The molecule has 2 aliphatic rings. The van der Waals surface area contributed by atoms with Crippen LogP contribution in [-0.4, -0.2) is 12.6 Å². The van der Waals surface area contributed by atoms with Crippen LogP contribution in [0.3, 0.4) is 0 Å². The summed E-state index contributed by atoms with van der Waals surface area (Å²) >= 11 is 0. The van der Waals surface area contributed by atoms with Crippen LogP contribution in [0.15, 0.2) is 11.6 Å². The average molecular weight is 193 g/mol. The smallest absolute Gasteiger partial charge is 0.0310 e. The van der Waals surface area contributed by atoms with E-state index in [9.17, 15) is 0 Å². The zero-order valence-corrected chi connectivity index (χ0v) is 9.55. The van der Waals surface area contributed by atoms with Crippen LogP contribution in [0.2, 0.25) is 0 Å². The number of hydrogen-bond acceptors (Lipinski definition) is 1. The Morgan fingerprint density at radius 1 is 1.57 bits per heavy atom. The molecule has 2 rings (SSSR count). The lowest BCUT2D eigenvalue weighted by Gasteiger charge is -2.20. The molecule has 3 unspecified atom stereocenters. The van der Waals surface area contributed by atoms with Gasteiger partial charge < -0.3 is 5.32 Å². The first-order valence-electron chi connectivity index (χ1n) is 6.25. The molecule has 14 heavy (non-hydrogen) atoms. The third-order valence-electron chi connectivity index (χ3n) is 3.69. The van der Waals surface area contributed by atoms with Gasteiger partial charge in [-0.25, -0.2) is 0 Å². The summed E-state index contributed by atoms with van der Waals surface area (Å²) in [4.78, 5) is 0. The van der Waals surface area contributed by atoms with Gasteiger partial charge in [0, 0.05) is 6.04 Å². The zero-order valence-electron chi connectivity index (χ0n) is 9.55. The Morgan fingerprint density at radius 2 is 2.36 bits per heavy atom. The van der Waals surface area contributed by atoms with Gasteiger partial charge in [-0.2, -0.15) is 0 Å². The molecular weight excluding hydrogens is 170 g/mol. The van der Waals surface area contributed by atoms with E-state index in [-0.39, 0.29) is 0 Å². The maximum Gasteiger partial charge on any atom is 0.0310 e. The van der Waals surface area contributed by atoms with Gasteiger partial charge in [0.05, 0.1) is 0 Å². The summed E-state index contributed by atoms with van der Waals surface area (Å²) in [5.41, 5.74) is 1.72. The first kappa shape index (κ1) is 10.2. The molecule has 0 bridgehead atoms. The second-order valence-electron chi connectivity index (χ2n) is 4.98. The van der Waals surface area contributed by atoms with E-state index in [2.05, 4.69) is 25.2 Å². The van der Waals surface area contributed by atoms with Crippen LogP contribution >= 0.6 is 0 Å². The molecule has 0 heterocycles. The Balaban J connectivity index is 1.91. The van der Waals surface area contributed by atoms with E-state index in [1.807, 2.05) is 0 Å². The molecule has 2 aliphatic carbocycles. The van der Waals surface area contributed by atoms with Crippen molar-refractivity contribution in [3.63, 3.8) is 0 Å². The van der Waals surface area contributed by atoms with Gasteiger partial charge in [0.2, 0.25) is 0 Å². The van der Waals surface area contributed by atoms with E-state index in [1.54, 1.807) is 5.57 Å². The summed E-state index contributed by atoms with van der Waals surface area (Å²) in [5, 5.41) is 3.74. The summed E-state index contributed by atoms with van der Waals surface area (Å²) in [6.07, 6.45) is 9.24. The molecule has 3 atom stereocenters. The van der Waals surface area contributed by atoms with E-state index >= 15 is 0 Å². The maximum atomic E-state index is 3.74. The van der Waals surface area contributed by atoms with Crippen molar-refractivity contribution in [1.82, 2.24) is 5.32 Å². The molecule has 0 aromatic rings. The van der Waals surface area contributed by atoms with E-state index in [4.69, 9.17) is 0 Å². The van der Waals surface area contributed by atoms with Gasteiger partial charge >= 0.3 is 0 Å². The molecule has 1 nitrogen and oxygen atoms in total. The SMILES string of the molecule is CCCNC(C1=CCCC1)C1CC1C. The Bertz CT molecular complexity index is 219.